The van der Waals surface area contributed by atoms with Gasteiger partial charge in [0.25, 0.3) is 0 Å². The van der Waals surface area contributed by atoms with E-state index in [2.05, 4.69) is 10.6 Å². The molecule has 0 bridgehead atoms. The van der Waals surface area contributed by atoms with Gasteiger partial charge in [-0.15, -0.1) is 0 Å². The van der Waals surface area contributed by atoms with Gasteiger partial charge in [0.1, 0.15) is 23.7 Å². The van der Waals surface area contributed by atoms with E-state index < -0.39 is 47.6 Å². The Labute approximate surface area is 141 Å². The topological polar surface area (TPSA) is 125 Å². The molecule has 0 fully saturated rings. The number of nitrogens with one attached hydrogen (secondary N) is 2. The molecule has 3 atom stereocenters. The van der Waals surface area contributed by atoms with Crippen LogP contribution < -0.4 is 10.6 Å². The molecule has 0 heterocycles. The fourth-order valence-electron chi connectivity index (χ4n) is 1.61. The first-order valence-electron chi connectivity index (χ1n) is 7.55. The van der Waals surface area contributed by atoms with Crippen LogP contribution in [0.3, 0.4) is 0 Å². The van der Waals surface area contributed by atoms with Crippen LogP contribution in [0, 0.1) is 0 Å². The summed E-state index contributed by atoms with van der Waals surface area (Å²) >= 11 is 0. The lowest BCUT2D eigenvalue weighted by Gasteiger charge is -2.26. The van der Waals surface area contributed by atoms with E-state index in [1.165, 1.54) is 27.8 Å². The Morgan fingerprint density at radius 2 is 1.50 bits per heavy atom. The van der Waals surface area contributed by atoms with Crippen LogP contribution in [0.25, 0.3) is 0 Å². The molecule has 0 aromatic heterocycles. The van der Waals surface area contributed by atoms with Gasteiger partial charge in [-0.05, 0) is 41.5 Å². The summed E-state index contributed by atoms with van der Waals surface area (Å²) in [5.41, 5.74) is -0.695. The Balaban J connectivity index is 4.61. The highest BCUT2D eigenvalue weighted by atomic mass is 16.6. The smallest absolute Gasteiger partial charge is 0.408 e. The Kier molecular flexibility index (Phi) is 7.69. The molecule has 9 nitrogen and oxygen atoms in total. The minimum Gasteiger partial charge on any atom is -0.480 e. The van der Waals surface area contributed by atoms with Gasteiger partial charge < -0.3 is 25.4 Å². The van der Waals surface area contributed by atoms with E-state index in [1.807, 2.05) is 0 Å². The van der Waals surface area contributed by atoms with Crippen molar-refractivity contribution in [3.63, 3.8) is 0 Å². The van der Waals surface area contributed by atoms with Gasteiger partial charge in [0.15, 0.2) is 0 Å². The molecule has 0 rings (SSSR count). The molecular weight excluding hydrogens is 318 g/mol. The van der Waals surface area contributed by atoms with Crippen molar-refractivity contribution in [2.45, 2.75) is 65.3 Å². The van der Waals surface area contributed by atoms with E-state index in [0.29, 0.717) is 0 Å². The summed E-state index contributed by atoms with van der Waals surface area (Å²) in [4.78, 5) is 47.6. The van der Waals surface area contributed by atoms with Gasteiger partial charge in [-0.2, -0.15) is 0 Å². The molecule has 0 spiro atoms. The van der Waals surface area contributed by atoms with E-state index >= 15 is 0 Å². The summed E-state index contributed by atoms with van der Waals surface area (Å²) < 4.78 is 5.04. The number of likely N-dealkylation sites (N-methyl/N-ethyl adjacent to an activating group) is 1. The van der Waals surface area contributed by atoms with E-state index in [-0.39, 0.29) is 0 Å². The minimum atomic E-state index is -1.15. The number of carboxylic acids is 1. The second-order valence-corrected chi connectivity index (χ2v) is 6.56. The van der Waals surface area contributed by atoms with Gasteiger partial charge >= 0.3 is 12.1 Å². The molecule has 0 radical (unpaired) electrons. The van der Waals surface area contributed by atoms with Crippen LogP contribution in [-0.2, 0) is 19.1 Å². The van der Waals surface area contributed by atoms with Gasteiger partial charge in [-0.3, -0.25) is 9.59 Å². The summed E-state index contributed by atoms with van der Waals surface area (Å²) in [6, 6.07) is -2.88. The Morgan fingerprint density at radius 3 is 1.92 bits per heavy atom. The van der Waals surface area contributed by atoms with Crippen molar-refractivity contribution in [2.24, 2.45) is 0 Å². The molecule has 0 aliphatic heterocycles. The second-order valence-electron chi connectivity index (χ2n) is 6.56. The number of hydrogen-bond donors (Lipinski definition) is 3. The monoisotopic (exact) mass is 345 g/mol. The zero-order chi connectivity index (χ0) is 19.2. The fraction of sp³-hybridized carbons (Fsp3) is 0.733. The molecule has 138 valence electrons. The van der Waals surface area contributed by atoms with E-state index in [0.717, 1.165) is 4.90 Å². The molecule has 0 unspecified atom stereocenters. The number of carboxylic acid groups (broad SMARTS) is 1. The zero-order valence-electron chi connectivity index (χ0n) is 15.2. The number of alkyl carbamates (subject to hydrolysis) is 1. The number of carbonyl (C=O) groups is 4. The van der Waals surface area contributed by atoms with E-state index in [4.69, 9.17) is 9.84 Å². The van der Waals surface area contributed by atoms with Crippen LogP contribution >= 0.6 is 0 Å². The van der Waals surface area contributed by atoms with Gasteiger partial charge in [0.05, 0.1) is 0 Å². The normalized spacial score (nSPS) is 14.8. The lowest BCUT2D eigenvalue weighted by molar-refractivity contribution is -0.149. The highest BCUT2D eigenvalue weighted by Crippen LogP contribution is 2.07. The first-order valence-corrected chi connectivity index (χ1v) is 7.55. The van der Waals surface area contributed by atoms with Crippen molar-refractivity contribution < 1.29 is 29.0 Å². The maximum atomic E-state index is 12.1. The van der Waals surface area contributed by atoms with Crippen LogP contribution in [0.2, 0.25) is 0 Å². The van der Waals surface area contributed by atoms with E-state index in [9.17, 15) is 19.2 Å². The van der Waals surface area contributed by atoms with E-state index in [1.54, 1.807) is 20.8 Å². The van der Waals surface area contributed by atoms with Crippen molar-refractivity contribution in [1.29, 1.82) is 0 Å². The van der Waals surface area contributed by atoms with Crippen LogP contribution in [0.5, 0.6) is 0 Å². The number of hydrogen-bond acceptors (Lipinski definition) is 5. The molecule has 0 aromatic carbocycles. The number of nitrogens with zero attached hydrogens (tertiary/aromatic N) is 1. The predicted molar refractivity (Wildman–Crippen MR) is 86.3 cm³/mol. The Hall–Kier alpha value is -2.32. The first-order chi connectivity index (χ1) is 10.8. The number of rotatable bonds is 6. The van der Waals surface area contributed by atoms with Crippen molar-refractivity contribution >= 4 is 23.9 Å². The van der Waals surface area contributed by atoms with Crippen LogP contribution in [0.4, 0.5) is 4.79 Å². The number of aliphatic carboxylic acids is 1. The molecule has 0 saturated carbocycles. The van der Waals surface area contributed by atoms with Crippen molar-refractivity contribution in [3.05, 3.63) is 0 Å². The van der Waals surface area contributed by atoms with Gasteiger partial charge in [0, 0.05) is 7.05 Å². The number of ether oxygens (including phenoxy) is 1. The summed E-state index contributed by atoms with van der Waals surface area (Å²) in [5, 5.41) is 13.7. The summed E-state index contributed by atoms with van der Waals surface area (Å²) in [6.45, 7) is 9.32. The molecule has 3 N–H and O–H groups in total. The quantitative estimate of drug-likeness (QED) is 0.637. The van der Waals surface area contributed by atoms with Gasteiger partial charge in [-0.25, -0.2) is 9.59 Å². The molecule has 3 amide bonds. The SMILES string of the molecule is C[C@H](NC(=O)OC(C)(C)C)C(=O)N[C@@H](C)C(=O)N(C)[C@@H](C)C(=O)O. The van der Waals surface area contributed by atoms with Crippen molar-refractivity contribution in [3.8, 4) is 0 Å². The molecule has 0 aromatic rings. The average Bonchev–Trinajstić information content (AvgIpc) is 2.42. The molecule has 0 aliphatic carbocycles. The molecule has 0 aliphatic rings. The van der Waals surface area contributed by atoms with Gasteiger partial charge in [-0.1, -0.05) is 0 Å². The van der Waals surface area contributed by atoms with Crippen molar-refractivity contribution in [1.82, 2.24) is 15.5 Å². The predicted octanol–water partition coefficient (Wildman–Crippen LogP) is 0.336. The third-order valence-corrected chi connectivity index (χ3v) is 3.14. The lowest BCUT2D eigenvalue weighted by Crippen LogP contribution is -2.54. The van der Waals surface area contributed by atoms with Crippen LogP contribution in [0.15, 0.2) is 0 Å². The minimum absolute atomic E-state index is 0.553. The first kappa shape index (κ1) is 21.7. The van der Waals surface area contributed by atoms with Crippen molar-refractivity contribution in [2.75, 3.05) is 7.05 Å². The number of carbonyl (C=O) groups excluding carboxylic acids is 3. The summed E-state index contributed by atoms with van der Waals surface area (Å²) in [7, 11) is 1.34. The molecular formula is C15H27N3O6. The summed E-state index contributed by atoms with van der Waals surface area (Å²) in [5.74, 6) is -2.29. The third kappa shape index (κ3) is 7.30. The Morgan fingerprint density at radius 1 is 1.00 bits per heavy atom. The van der Waals surface area contributed by atoms with Crippen LogP contribution in [-0.4, -0.2) is 64.7 Å². The maximum Gasteiger partial charge on any atom is 0.408 e. The van der Waals surface area contributed by atoms with Crippen LogP contribution in [0.1, 0.15) is 41.5 Å². The summed E-state index contributed by atoms with van der Waals surface area (Å²) in [6.07, 6.45) is -0.749. The largest absolute Gasteiger partial charge is 0.480 e. The third-order valence-electron chi connectivity index (χ3n) is 3.14. The zero-order valence-corrected chi connectivity index (χ0v) is 15.2. The molecule has 9 heteroatoms. The van der Waals surface area contributed by atoms with Gasteiger partial charge in [0.2, 0.25) is 11.8 Å². The lowest BCUT2D eigenvalue weighted by atomic mass is 10.2. The highest BCUT2D eigenvalue weighted by Gasteiger charge is 2.28. The highest BCUT2D eigenvalue weighted by molar-refractivity contribution is 5.92. The second kappa shape index (κ2) is 8.51. The molecule has 24 heavy (non-hydrogen) atoms. The standard InChI is InChI=1S/C15H27N3O6/c1-8(17-14(23)24-15(4,5)6)11(19)16-9(2)12(20)18(7)10(3)13(21)22/h8-10H,1-7H3,(H,16,19)(H,17,23)(H,21,22)/t8-,9-,10-/m0/s1. The maximum absolute atomic E-state index is 12.1. The fourth-order valence-corrected chi connectivity index (χ4v) is 1.61. The number of amides is 3. The Bertz CT molecular complexity index is 500. The average molecular weight is 345 g/mol. The molecule has 0 saturated heterocycles.